The standard InChI is InChI=1S/C17H20O7/c1-16-5-7-11(8(18)4-10(22-3)12(7)20)13(21)15-17(2,24-15)6-9(19)14(16)23-16/h4,9,14-15,18-20H,5-6H2,1-3H3. The molecule has 1 aromatic carbocycles. The molecule has 4 rings (SSSR count). The average molecular weight is 336 g/mol. The van der Waals surface area contributed by atoms with Crippen LogP contribution in [-0.4, -0.2) is 57.7 Å². The van der Waals surface area contributed by atoms with Crippen molar-refractivity contribution in [1.82, 2.24) is 0 Å². The monoisotopic (exact) mass is 336 g/mol. The molecule has 0 aromatic heterocycles. The molecule has 130 valence electrons. The van der Waals surface area contributed by atoms with Crippen LogP contribution in [0, 0.1) is 0 Å². The summed E-state index contributed by atoms with van der Waals surface area (Å²) >= 11 is 0. The summed E-state index contributed by atoms with van der Waals surface area (Å²) in [6.07, 6.45) is -1.47. The number of ketones is 1. The van der Waals surface area contributed by atoms with Crippen LogP contribution in [-0.2, 0) is 15.9 Å². The van der Waals surface area contributed by atoms with Crippen molar-refractivity contribution in [3.8, 4) is 17.2 Å². The number of aliphatic hydroxyl groups is 1. The maximum Gasteiger partial charge on any atom is 0.198 e. The quantitative estimate of drug-likeness (QED) is 0.516. The SMILES string of the molecule is COc1cc(O)c2c(c1O)CC1(C)OC1C(O)CC1(C)OC1C2=O. The molecule has 1 aliphatic carbocycles. The van der Waals surface area contributed by atoms with Gasteiger partial charge in [0.2, 0.25) is 0 Å². The van der Waals surface area contributed by atoms with Crippen LogP contribution in [0.4, 0.5) is 0 Å². The van der Waals surface area contributed by atoms with Gasteiger partial charge in [0.1, 0.15) is 17.5 Å². The number of epoxide rings is 2. The van der Waals surface area contributed by atoms with Crippen LogP contribution in [0.15, 0.2) is 6.07 Å². The van der Waals surface area contributed by atoms with Crippen LogP contribution in [0.2, 0.25) is 0 Å². The number of carbonyl (C=O) groups excluding carboxylic acids is 1. The van der Waals surface area contributed by atoms with E-state index in [9.17, 15) is 20.1 Å². The Labute approximate surface area is 138 Å². The molecule has 3 aliphatic rings. The predicted octanol–water partition coefficient (Wildman–Crippen LogP) is 0.911. The van der Waals surface area contributed by atoms with E-state index in [1.165, 1.54) is 13.2 Å². The number of hydrogen-bond donors (Lipinski definition) is 3. The van der Waals surface area contributed by atoms with Crippen molar-refractivity contribution in [3.05, 3.63) is 17.2 Å². The minimum Gasteiger partial charge on any atom is -0.507 e. The maximum atomic E-state index is 12.8. The number of methoxy groups -OCH3 is 1. The highest BCUT2D eigenvalue weighted by Gasteiger charge is 2.64. The number of phenols is 2. The number of fused-ring (bicyclic) bond motifs is 3. The first-order valence-corrected chi connectivity index (χ1v) is 7.90. The Kier molecular flexibility index (Phi) is 3.02. The molecule has 0 bridgehead atoms. The largest absolute Gasteiger partial charge is 0.507 e. The molecule has 2 aliphatic heterocycles. The van der Waals surface area contributed by atoms with Gasteiger partial charge in [0.25, 0.3) is 0 Å². The number of ether oxygens (including phenoxy) is 3. The lowest BCUT2D eigenvalue weighted by Gasteiger charge is -2.20. The summed E-state index contributed by atoms with van der Waals surface area (Å²) < 4.78 is 16.3. The van der Waals surface area contributed by atoms with Gasteiger partial charge in [-0.2, -0.15) is 0 Å². The average Bonchev–Trinajstić information content (AvgIpc) is 3.37. The molecule has 2 saturated heterocycles. The fourth-order valence-electron chi connectivity index (χ4n) is 3.90. The summed E-state index contributed by atoms with van der Waals surface area (Å²) in [5.74, 6) is -0.786. The van der Waals surface area contributed by atoms with E-state index in [-0.39, 0.29) is 41.2 Å². The zero-order valence-corrected chi connectivity index (χ0v) is 13.7. The van der Waals surface area contributed by atoms with Gasteiger partial charge in [-0.25, -0.2) is 0 Å². The van der Waals surface area contributed by atoms with Gasteiger partial charge in [0.15, 0.2) is 23.4 Å². The number of carbonyl (C=O) groups is 1. The second kappa shape index (κ2) is 4.62. The van der Waals surface area contributed by atoms with Gasteiger partial charge in [-0.3, -0.25) is 4.79 Å². The first-order valence-electron chi connectivity index (χ1n) is 7.90. The van der Waals surface area contributed by atoms with Crippen molar-refractivity contribution in [2.24, 2.45) is 0 Å². The summed E-state index contributed by atoms with van der Waals surface area (Å²) in [6, 6.07) is 1.22. The zero-order valence-electron chi connectivity index (χ0n) is 13.7. The molecular weight excluding hydrogens is 316 g/mol. The third-order valence-corrected chi connectivity index (χ3v) is 5.37. The fourth-order valence-corrected chi connectivity index (χ4v) is 3.90. The van der Waals surface area contributed by atoms with Crippen molar-refractivity contribution < 1.29 is 34.3 Å². The van der Waals surface area contributed by atoms with Gasteiger partial charge in [-0.15, -0.1) is 0 Å². The highest BCUT2D eigenvalue weighted by Crippen LogP contribution is 2.53. The fraction of sp³-hybridized carbons (Fsp3) is 0.588. The van der Waals surface area contributed by atoms with Crippen LogP contribution in [0.1, 0.15) is 36.2 Å². The highest BCUT2D eigenvalue weighted by atomic mass is 16.6. The Balaban J connectivity index is 1.89. The third kappa shape index (κ3) is 2.05. The predicted molar refractivity (Wildman–Crippen MR) is 81.5 cm³/mol. The molecule has 7 nitrogen and oxygen atoms in total. The lowest BCUT2D eigenvalue weighted by molar-refractivity contribution is 0.0948. The second-order valence-electron chi connectivity index (χ2n) is 7.27. The minimum absolute atomic E-state index is 0.0360. The normalized spacial score (nSPS) is 40.2. The van der Waals surface area contributed by atoms with Crippen LogP contribution < -0.4 is 4.74 Å². The molecular formula is C17H20O7. The van der Waals surface area contributed by atoms with Gasteiger partial charge in [-0.05, 0) is 13.8 Å². The molecule has 0 amide bonds. The van der Waals surface area contributed by atoms with E-state index in [0.717, 1.165) is 0 Å². The number of phenolic OH excluding ortho intramolecular Hbond substituents is 2. The van der Waals surface area contributed by atoms with Crippen molar-refractivity contribution >= 4 is 5.78 Å². The number of Topliss-reactive ketones (excluding diaryl/α,β-unsaturated/α-hetero) is 1. The molecule has 2 fully saturated rings. The van der Waals surface area contributed by atoms with Crippen molar-refractivity contribution in [2.75, 3.05) is 7.11 Å². The van der Waals surface area contributed by atoms with Crippen molar-refractivity contribution in [2.45, 2.75) is 56.2 Å². The molecule has 7 heteroatoms. The topological polar surface area (TPSA) is 112 Å². The summed E-state index contributed by atoms with van der Waals surface area (Å²) in [5.41, 5.74) is -1.22. The number of rotatable bonds is 1. The molecule has 0 saturated carbocycles. The molecule has 3 N–H and O–H groups in total. The third-order valence-electron chi connectivity index (χ3n) is 5.37. The van der Waals surface area contributed by atoms with Gasteiger partial charge in [0.05, 0.1) is 24.4 Å². The summed E-state index contributed by atoms with van der Waals surface area (Å²) in [6.45, 7) is 3.56. The van der Waals surface area contributed by atoms with E-state index in [1.54, 1.807) is 13.8 Å². The number of aromatic hydroxyl groups is 2. The molecule has 1 aromatic rings. The Morgan fingerprint density at radius 3 is 2.62 bits per heavy atom. The van der Waals surface area contributed by atoms with Crippen molar-refractivity contribution in [3.63, 3.8) is 0 Å². The van der Waals surface area contributed by atoms with Gasteiger partial charge in [0, 0.05) is 24.5 Å². The zero-order chi connectivity index (χ0) is 17.4. The van der Waals surface area contributed by atoms with Gasteiger partial charge < -0.3 is 29.5 Å². The lowest BCUT2D eigenvalue weighted by atomic mass is 9.83. The first kappa shape index (κ1) is 15.7. The molecule has 0 radical (unpaired) electrons. The van der Waals surface area contributed by atoms with E-state index in [0.29, 0.717) is 0 Å². The van der Waals surface area contributed by atoms with E-state index >= 15 is 0 Å². The number of hydrogen-bond acceptors (Lipinski definition) is 7. The number of aliphatic hydroxyl groups excluding tert-OH is 1. The highest BCUT2D eigenvalue weighted by molar-refractivity contribution is 6.06. The molecule has 0 spiro atoms. The molecule has 5 atom stereocenters. The Hall–Kier alpha value is -1.83. The van der Waals surface area contributed by atoms with E-state index in [2.05, 4.69) is 0 Å². The maximum absolute atomic E-state index is 12.8. The number of benzene rings is 1. The van der Waals surface area contributed by atoms with Crippen LogP contribution in [0.5, 0.6) is 17.2 Å². The van der Waals surface area contributed by atoms with Crippen LogP contribution in [0.25, 0.3) is 0 Å². The van der Waals surface area contributed by atoms with Crippen LogP contribution >= 0.6 is 0 Å². The smallest absolute Gasteiger partial charge is 0.198 e. The van der Waals surface area contributed by atoms with E-state index in [4.69, 9.17) is 14.2 Å². The Morgan fingerprint density at radius 1 is 1.25 bits per heavy atom. The van der Waals surface area contributed by atoms with E-state index < -0.39 is 35.3 Å². The summed E-state index contributed by atoms with van der Waals surface area (Å²) in [5, 5.41) is 31.2. The minimum atomic E-state index is -0.792. The van der Waals surface area contributed by atoms with Crippen LogP contribution in [0.3, 0.4) is 0 Å². The Morgan fingerprint density at radius 2 is 1.96 bits per heavy atom. The van der Waals surface area contributed by atoms with Gasteiger partial charge >= 0.3 is 0 Å². The second-order valence-corrected chi connectivity index (χ2v) is 7.27. The van der Waals surface area contributed by atoms with Gasteiger partial charge in [-0.1, -0.05) is 0 Å². The van der Waals surface area contributed by atoms with E-state index in [1.807, 2.05) is 0 Å². The Bertz CT molecular complexity index is 745. The first-order chi connectivity index (χ1) is 11.2. The molecule has 2 heterocycles. The lowest BCUT2D eigenvalue weighted by Crippen LogP contribution is -2.32. The summed E-state index contributed by atoms with van der Waals surface area (Å²) in [7, 11) is 1.37. The molecule has 5 unspecified atom stereocenters. The summed E-state index contributed by atoms with van der Waals surface area (Å²) in [4.78, 5) is 12.8. The van der Waals surface area contributed by atoms with Crippen molar-refractivity contribution in [1.29, 1.82) is 0 Å². The molecule has 24 heavy (non-hydrogen) atoms.